The van der Waals surface area contributed by atoms with E-state index in [-0.39, 0.29) is 24.0 Å². The van der Waals surface area contributed by atoms with Crippen LogP contribution in [0.4, 0.5) is 5.69 Å². The summed E-state index contributed by atoms with van der Waals surface area (Å²) in [5, 5.41) is 8.00. The van der Waals surface area contributed by atoms with E-state index in [0.717, 1.165) is 51.9 Å². The van der Waals surface area contributed by atoms with Gasteiger partial charge in [0.05, 0.1) is 20.7 Å². The van der Waals surface area contributed by atoms with Gasteiger partial charge in [0.15, 0.2) is 6.61 Å². The van der Waals surface area contributed by atoms with Crippen LogP contribution in [-0.4, -0.2) is 28.4 Å². The van der Waals surface area contributed by atoms with Crippen LogP contribution in [0.25, 0.3) is 10.9 Å². The summed E-state index contributed by atoms with van der Waals surface area (Å²) in [7, 11) is 0. The predicted molar refractivity (Wildman–Crippen MR) is 159 cm³/mol. The molecule has 1 saturated carbocycles. The summed E-state index contributed by atoms with van der Waals surface area (Å²) < 4.78 is 8.07. The lowest BCUT2D eigenvalue weighted by Gasteiger charge is -2.22. The van der Waals surface area contributed by atoms with Crippen LogP contribution in [0.3, 0.4) is 0 Å². The number of carbonyl (C=O) groups is 1. The van der Waals surface area contributed by atoms with E-state index in [1.54, 1.807) is 12.3 Å². The van der Waals surface area contributed by atoms with Crippen LogP contribution in [0.15, 0.2) is 76.6 Å². The number of rotatable bonds is 7. The molecule has 0 radical (unpaired) electrons. The number of anilines is 1. The van der Waals surface area contributed by atoms with Gasteiger partial charge >= 0.3 is 0 Å². The Hall–Kier alpha value is -3.53. The fourth-order valence-electron chi connectivity index (χ4n) is 4.69. The first kappa shape index (κ1) is 26.1. The van der Waals surface area contributed by atoms with Gasteiger partial charge in [0.1, 0.15) is 11.6 Å². The number of halogens is 1. The summed E-state index contributed by atoms with van der Waals surface area (Å²) in [5.74, 6) is 1.34. The van der Waals surface area contributed by atoms with E-state index in [9.17, 15) is 9.59 Å². The van der Waals surface area contributed by atoms with Gasteiger partial charge in [-0.2, -0.15) is 9.78 Å². The van der Waals surface area contributed by atoms with Crippen LogP contribution in [0.5, 0.6) is 5.75 Å². The Morgan fingerprint density at radius 3 is 2.63 bits per heavy atom. The number of aromatic nitrogens is 2. The minimum Gasteiger partial charge on any atom is -0.483 e. The third kappa shape index (κ3) is 6.12. The molecule has 1 amide bonds. The standard InChI is InChI=1S/C30H29IN4O3/c1-20-11-14-23(15-12-20)33-28(36)19-38-27-16-13-21(17-25(27)31)18-32-35-29(22-7-3-2-4-8-22)34-26-10-6-5-9-24(26)30(35)37/h5-6,9-18,22H,2-4,7-8,19H2,1H3,(H,33,36). The smallest absolute Gasteiger partial charge is 0.282 e. The maximum atomic E-state index is 13.4. The molecule has 194 valence electrons. The number of hydrogen-bond donors (Lipinski definition) is 1. The predicted octanol–water partition coefficient (Wildman–Crippen LogP) is 6.26. The fraction of sp³-hybridized carbons (Fsp3) is 0.267. The number of ether oxygens (including phenoxy) is 1. The first-order valence-corrected chi connectivity index (χ1v) is 13.9. The highest BCUT2D eigenvalue weighted by Crippen LogP contribution is 2.31. The number of amides is 1. The Labute approximate surface area is 235 Å². The van der Waals surface area contributed by atoms with Gasteiger partial charge in [0.25, 0.3) is 11.5 Å². The van der Waals surface area contributed by atoms with Crippen LogP contribution in [0, 0.1) is 10.5 Å². The maximum absolute atomic E-state index is 13.4. The summed E-state index contributed by atoms with van der Waals surface area (Å²) in [6, 6.07) is 20.6. The summed E-state index contributed by atoms with van der Waals surface area (Å²) in [4.78, 5) is 30.5. The van der Waals surface area contributed by atoms with Crippen molar-refractivity contribution in [3.63, 3.8) is 0 Å². The van der Waals surface area contributed by atoms with Gasteiger partial charge in [-0.1, -0.05) is 49.1 Å². The molecule has 1 aromatic heterocycles. The first-order chi connectivity index (χ1) is 18.5. The number of nitrogens with zero attached hydrogens (tertiary/aromatic N) is 3. The number of fused-ring (bicyclic) bond motifs is 1. The lowest BCUT2D eigenvalue weighted by molar-refractivity contribution is -0.118. The maximum Gasteiger partial charge on any atom is 0.282 e. The van der Waals surface area contributed by atoms with Crippen LogP contribution >= 0.6 is 22.6 Å². The Morgan fingerprint density at radius 1 is 1.11 bits per heavy atom. The van der Waals surface area contributed by atoms with Gasteiger partial charge in [-0.15, -0.1) is 0 Å². The fourth-order valence-corrected chi connectivity index (χ4v) is 5.39. The number of hydrogen-bond acceptors (Lipinski definition) is 5. The average molecular weight is 620 g/mol. The summed E-state index contributed by atoms with van der Waals surface area (Å²) in [6.45, 7) is 1.90. The molecule has 0 bridgehead atoms. The highest BCUT2D eigenvalue weighted by Gasteiger charge is 2.22. The van der Waals surface area contributed by atoms with Gasteiger partial charge in [0, 0.05) is 11.6 Å². The molecule has 38 heavy (non-hydrogen) atoms. The van der Waals surface area contributed by atoms with Crippen LogP contribution < -0.4 is 15.6 Å². The Morgan fingerprint density at radius 2 is 1.87 bits per heavy atom. The lowest BCUT2D eigenvalue weighted by atomic mass is 9.88. The van der Waals surface area contributed by atoms with Gasteiger partial charge in [0.2, 0.25) is 0 Å². The number of aryl methyl sites for hydroxylation is 1. The van der Waals surface area contributed by atoms with Crippen LogP contribution in [-0.2, 0) is 4.79 Å². The zero-order valence-electron chi connectivity index (χ0n) is 21.2. The van der Waals surface area contributed by atoms with Crippen molar-refractivity contribution in [1.29, 1.82) is 0 Å². The molecule has 0 aliphatic heterocycles. The van der Waals surface area contributed by atoms with E-state index < -0.39 is 0 Å². The zero-order valence-corrected chi connectivity index (χ0v) is 23.4. The molecule has 1 N–H and O–H groups in total. The van der Waals surface area contributed by atoms with Crippen molar-refractivity contribution in [2.75, 3.05) is 11.9 Å². The molecular weight excluding hydrogens is 591 g/mol. The van der Waals surface area contributed by atoms with Crippen molar-refractivity contribution in [3.05, 3.63) is 97.6 Å². The molecule has 1 heterocycles. The molecule has 0 unspecified atom stereocenters. The minimum absolute atomic E-state index is 0.0970. The van der Waals surface area contributed by atoms with E-state index in [1.807, 2.05) is 67.6 Å². The van der Waals surface area contributed by atoms with Gasteiger partial charge < -0.3 is 10.1 Å². The SMILES string of the molecule is Cc1ccc(NC(=O)COc2ccc(C=Nn3c(C4CCCCC4)nc4ccccc4c3=O)cc2I)cc1. The van der Waals surface area contributed by atoms with Gasteiger partial charge in [-0.3, -0.25) is 9.59 Å². The van der Waals surface area contributed by atoms with E-state index in [2.05, 4.69) is 33.0 Å². The molecule has 8 heteroatoms. The normalized spacial score (nSPS) is 14.2. The number of para-hydroxylation sites is 1. The highest BCUT2D eigenvalue weighted by atomic mass is 127. The number of benzene rings is 3. The van der Waals surface area contributed by atoms with Gasteiger partial charge in [-0.25, -0.2) is 4.98 Å². The quantitative estimate of drug-likeness (QED) is 0.195. The number of nitrogens with one attached hydrogen (secondary N) is 1. The van der Waals surface area contributed by atoms with Crippen LogP contribution in [0.1, 0.15) is 55.0 Å². The van der Waals surface area contributed by atoms with Crippen molar-refractivity contribution < 1.29 is 9.53 Å². The second kappa shape index (κ2) is 11.9. The third-order valence-corrected chi connectivity index (χ3v) is 7.56. The van der Waals surface area contributed by atoms with Crippen molar-refractivity contribution in [2.24, 2.45) is 5.10 Å². The molecular formula is C30H29IN4O3. The van der Waals surface area contributed by atoms with E-state index in [4.69, 9.17) is 9.72 Å². The molecule has 0 spiro atoms. The van der Waals surface area contributed by atoms with Crippen LogP contribution in [0.2, 0.25) is 0 Å². The molecule has 0 atom stereocenters. The lowest BCUT2D eigenvalue weighted by Crippen LogP contribution is -2.25. The van der Waals surface area contributed by atoms with Crippen molar-refractivity contribution in [3.8, 4) is 5.75 Å². The Balaban J connectivity index is 1.33. The van der Waals surface area contributed by atoms with E-state index in [1.165, 1.54) is 11.1 Å². The Bertz CT molecular complexity index is 1540. The molecule has 1 fully saturated rings. The van der Waals surface area contributed by atoms with E-state index >= 15 is 0 Å². The molecule has 5 rings (SSSR count). The van der Waals surface area contributed by atoms with Crippen molar-refractivity contribution >= 4 is 51.3 Å². The topological polar surface area (TPSA) is 85.6 Å². The van der Waals surface area contributed by atoms with Crippen molar-refractivity contribution in [1.82, 2.24) is 9.66 Å². The van der Waals surface area contributed by atoms with Gasteiger partial charge in [-0.05, 0) is 90.4 Å². The summed E-state index contributed by atoms with van der Waals surface area (Å²) in [5.41, 5.74) is 3.25. The average Bonchev–Trinajstić information content (AvgIpc) is 2.94. The summed E-state index contributed by atoms with van der Waals surface area (Å²) >= 11 is 2.18. The molecule has 3 aromatic carbocycles. The van der Waals surface area contributed by atoms with E-state index in [0.29, 0.717) is 16.7 Å². The minimum atomic E-state index is -0.228. The monoisotopic (exact) mass is 620 g/mol. The zero-order chi connectivity index (χ0) is 26.5. The molecule has 1 aliphatic rings. The number of carbonyl (C=O) groups excluding carboxylic acids is 1. The van der Waals surface area contributed by atoms with Crippen molar-refractivity contribution in [2.45, 2.75) is 44.9 Å². The molecule has 1 aliphatic carbocycles. The Kier molecular flexibility index (Phi) is 8.17. The summed E-state index contributed by atoms with van der Waals surface area (Å²) in [6.07, 6.45) is 7.21. The second-order valence-electron chi connectivity index (χ2n) is 9.58. The molecule has 0 saturated heterocycles. The second-order valence-corrected chi connectivity index (χ2v) is 10.7. The third-order valence-electron chi connectivity index (χ3n) is 6.72. The molecule has 4 aromatic rings. The highest BCUT2D eigenvalue weighted by molar-refractivity contribution is 14.1. The first-order valence-electron chi connectivity index (χ1n) is 12.8. The molecule has 7 nitrogen and oxygen atoms in total. The largest absolute Gasteiger partial charge is 0.483 e.